The highest BCUT2D eigenvalue weighted by molar-refractivity contribution is 14.1. The number of aliphatic carboxylic acids is 1. The lowest BCUT2D eigenvalue weighted by atomic mass is 10.2. The van der Waals surface area contributed by atoms with Crippen LogP contribution in [0, 0.1) is 3.57 Å². The van der Waals surface area contributed by atoms with Crippen LogP contribution in [-0.4, -0.2) is 21.2 Å². The number of carboxylic acids is 1. The van der Waals surface area contributed by atoms with E-state index in [1.165, 1.54) is 0 Å². The summed E-state index contributed by atoms with van der Waals surface area (Å²) in [6.45, 7) is 0. The molecule has 0 atom stereocenters. The second kappa shape index (κ2) is 5.26. The van der Waals surface area contributed by atoms with Crippen LogP contribution in [0.25, 0.3) is 11.4 Å². The lowest BCUT2D eigenvalue weighted by molar-refractivity contribution is -0.137. The summed E-state index contributed by atoms with van der Waals surface area (Å²) in [5.41, 5.74) is 0.857. The fourth-order valence-corrected chi connectivity index (χ4v) is 1.65. The van der Waals surface area contributed by atoms with Gasteiger partial charge in [-0.05, 0) is 34.7 Å². The van der Waals surface area contributed by atoms with Gasteiger partial charge in [0, 0.05) is 15.6 Å². The third kappa shape index (κ3) is 3.26. The molecule has 1 aromatic heterocycles. The molecule has 1 heterocycles. The Morgan fingerprint density at radius 1 is 1.35 bits per heavy atom. The van der Waals surface area contributed by atoms with Gasteiger partial charge in [0.05, 0.1) is 6.42 Å². The summed E-state index contributed by atoms with van der Waals surface area (Å²) in [4.78, 5) is 14.5. The fraction of sp³-hybridized carbons (Fsp3) is 0.182. The molecular formula is C11H9IN2O3. The standard InChI is InChI=1S/C11H9IN2O3/c12-8-3-1-7(2-4-8)11-13-9(17-14-11)5-6-10(15)16/h1-4H,5-6H2,(H,15,16). The number of aromatic nitrogens is 2. The van der Waals surface area contributed by atoms with Crippen LogP contribution in [0.5, 0.6) is 0 Å². The lowest BCUT2D eigenvalue weighted by Gasteiger charge is -1.93. The molecule has 88 valence electrons. The minimum Gasteiger partial charge on any atom is -0.481 e. The zero-order valence-corrected chi connectivity index (χ0v) is 10.9. The predicted molar refractivity (Wildman–Crippen MR) is 68.4 cm³/mol. The van der Waals surface area contributed by atoms with Gasteiger partial charge in [-0.2, -0.15) is 4.98 Å². The van der Waals surface area contributed by atoms with E-state index in [0.29, 0.717) is 11.7 Å². The number of halogens is 1. The Bertz CT molecular complexity index is 522. The molecule has 0 amide bonds. The second-order valence-electron chi connectivity index (χ2n) is 3.41. The van der Waals surface area contributed by atoms with Gasteiger partial charge in [-0.15, -0.1) is 0 Å². The molecule has 5 nitrogen and oxygen atoms in total. The van der Waals surface area contributed by atoms with E-state index in [1.54, 1.807) is 0 Å². The first-order valence-corrected chi connectivity index (χ1v) is 6.03. The van der Waals surface area contributed by atoms with Crippen molar-refractivity contribution in [3.63, 3.8) is 0 Å². The van der Waals surface area contributed by atoms with Gasteiger partial charge in [0.1, 0.15) is 0 Å². The van der Waals surface area contributed by atoms with Gasteiger partial charge in [0.25, 0.3) is 0 Å². The maximum atomic E-state index is 10.4. The summed E-state index contributed by atoms with van der Waals surface area (Å²) >= 11 is 2.21. The molecule has 6 heteroatoms. The predicted octanol–water partition coefficient (Wildman–Crippen LogP) is 2.36. The zero-order chi connectivity index (χ0) is 12.3. The van der Waals surface area contributed by atoms with Crippen LogP contribution in [0.4, 0.5) is 0 Å². The van der Waals surface area contributed by atoms with E-state index in [4.69, 9.17) is 9.63 Å². The van der Waals surface area contributed by atoms with Gasteiger partial charge in [-0.1, -0.05) is 17.3 Å². The van der Waals surface area contributed by atoms with Crippen molar-refractivity contribution < 1.29 is 14.4 Å². The van der Waals surface area contributed by atoms with Gasteiger partial charge < -0.3 is 9.63 Å². The Morgan fingerprint density at radius 2 is 2.06 bits per heavy atom. The average molecular weight is 344 g/mol. The quantitative estimate of drug-likeness (QED) is 0.862. The van der Waals surface area contributed by atoms with Crippen molar-refractivity contribution in [1.82, 2.24) is 10.1 Å². The van der Waals surface area contributed by atoms with Crippen LogP contribution in [0.1, 0.15) is 12.3 Å². The third-order valence-electron chi connectivity index (χ3n) is 2.12. The highest BCUT2D eigenvalue weighted by Crippen LogP contribution is 2.17. The number of hydrogen-bond acceptors (Lipinski definition) is 4. The topological polar surface area (TPSA) is 76.2 Å². The molecule has 0 aliphatic rings. The number of rotatable bonds is 4. The van der Waals surface area contributed by atoms with E-state index in [2.05, 4.69) is 32.7 Å². The van der Waals surface area contributed by atoms with Crippen molar-refractivity contribution in [3.8, 4) is 11.4 Å². The molecule has 1 N–H and O–H groups in total. The Balaban J connectivity index is 2.12. The largest absolute Gasteiger partial charge is 0.481 e. The summed E-state index contributed by atoms with van der Waals surface area (Å²) in [7, 11) is 0. The van der Waals surface area contributed by atoms with Crippen LogP contribution >= 0.6 is 22.6 Å². The molecule has 0 unspecified atom stereocenters. The molecule has 0 fully saturated rings. The van der Waals surface area contributed by atoms with Crippen molar-refractivity contribution >= 4 is 28.6 Å². The van der Waals surface area contributed by atoms with E-state index in [9.17, 15) is 4.79 Å². The number of benzene rings is 1. The minimum absolute atomic E-state index is 0.00563. The molecule has 0 saturated carbocycles. The summed E-state index contributed by atoms with van der Waals surface area (Å²) in [6, 6.07) is 7.69. The number of nitrogens with zero attached hydrogens (tertiary/aromatic N) is 2. The summed E-state index contributed by atoms with van der Waals surface area (Å²) < 4.78 is 6.10. The number of aryl methyl sites for hydroxylation is 1. The van der Waals surface area contributed by atoms with Gasteiger partial charge in [0.2, 0.25) is 11.7 Å². The molecule has 0 aliphatic carbocycles. The molecule has 17 heavy (non-hydrogen) atoms. The zero-order valence-electron chi connectivity index (χ0n) is 8.76. The maximum Gasteiger partial charge on any atom is 0.303 e. The maximum absolute atomic E-state index is 10.4. The van der Waals surface area contributed by atoms with Crippen LogP contribution < -0.4 is 0 Å². The van der Waals surface area contributed by atoms with Crippen molar-refractivity contribution in [1.29, 1.82) is 0 Å². The van der Waals surface area contributed by atoms with Crippen LogP contribution in [0.15, 0.2) is 28.8 Å². The smallest absolute Gasteiger partial charge is 0.303 e. The Labute approximate surface area is 111 Å². The van der Waals surface area contributed by atoms with E-state index in [-0.39, 0.29) is 12.8 Å². The number of carbonyl (C=O) groups is 1. The first kappa shape index (κ1) is 12.0. The first-order valence-electron chi connectivity index (χ1n) is 4.95. The second-order valence-corrected chi connectivity index (χ2v) is 4.66. The minimum atomic E-state index is -0.876. The Morgan fingerprint density at radius 3 is 2.71 bits per heavy atom. The highest BCUT2D eigenvalue weighted by atomic mass is 127. The van der Waals surface area contributed by atoms with Crippen molar-refractivity contribution in [2.45, 2.75) is 12.8 Å². The summed E-state index contributed by atoms with van der Waals surface area (Å²) in [5, 5.41) is 12.4. The van der Waals surface area contributed by atoms with Gasteiger partial charge >= 0.3 is 5.97 Å². The molecule has 2 rings (SSSR count). The average Bonchev–Trinajstić information content (AvgIpc) is 2.76. The molecule has 0 bridgehead atoms. The SMILES string of the molecule is O=C(O)CCc1nc(-c2ccc(I)cc2)no1. The molecular weight excluding hydrogens is 335 g/mol. The van der Waals surface area contributed by atoms with Crippen LogP contribution in [0.3, 0.4) is 0 Å². The van der Waals surface area contributed by atoms with Gasteiger partial charge in [-0.25, -0.2) is 0 Å². The fourth-order valence-electron chi connectivity index (χ4n) is 1.29. The van der Waals surface area contributed by atoms with Crippen molar-refractivity contribution in [3.05, 3.63) is 33.7 Å². The molecule has 0 aliphatic heterocycles. The van der Waals surface area contributed by atoms with E-state index >= 15 is 0 Å². The monoisotopic (exact) mass is 344 g/mol. The van der Waals surface area contributed by atoms with Gasteiger partial charge in [-0.3, -0.25) is 4.79 Å². The number of carboxylic acid groups (broad SMARTS) is 1. The van der Waals surface area contributed by atoms with Crippen LogP contribution in [0.2, 0.25) is 0 Å². The lowest BCUT2D eigenvalue weighted by Crippen LogP contribution is -1.97. The molecule has 0 spiro atoms. The summed E-state index contributed by atoms with van der Waals surface area (Å²) in [5.74, 6) is -0.0400. The van der Waals surface area contributed by atoms with Crippen molar-refractivity contribution in [2.24, 2.45) is 0 Å². The van der Waals surface area contributed by atoms with E-state index in [1.807, 2.05) is 24.3 Å². The number of hydrogen-bond donors (Lipinski definition) is 1. The van der Waals surface area contributed by atoms with Crippen molar-refractivity contribution in [2.75, 3.05) is 0 Å². The summed E-state index contributed by atoms with van der Waals surface area (Å²) in [6.07, 6.45) is 0.251. The van der Waals surface area contributed by atoms with Gasteiger partial charge in [0.15, 0.2) is 0 Å². The highest BCUT2D eigenvalue weighted by Gasteiger charge is 2.09. The van der Waals surface area contributed by atoms with E-state index in [0.717, 1.165) is 9.13 Å². The van der Waals surface area contributed by atoms with E-state index < -0.39 is 5.97 Å². The molecule has 0 radical (unpaired) electrons. The Hall–Kier alpha value is -1.44. The Kier molecular flexibility index (Phi) is 3.72. The third-order valence-corrected chi connectivity index (χ3v) is 2.84. The molecule has 1 aromatic carbocycles. The molecule has 2 aromatic rings. The molecule has 0 saturated heterocycles. The normalized spacial score (nSPS) is 10.4. The first-order chi connectivity index (χ1) is 8.15. The van der Waals surface area contributed by atoms with Crippen LogP contribution in [-0.2, 0) is 11.2 Å².